The molecule has 8 aromatic rings. The summed E-state index contributed by atoms with van der Waals surface area (Å²) < 4.78 is 9.76. The van der Waals surface area contributed by atoms with E-state index in [1.165, 1.54) is 12.4 Å². The lowest BCUT2D eigenvalue weighted by molar-refractivity contribution is -0.716. The molecule has 2 N–H and O–H groups in total. The molecule has 0 aliphatic carbocycles. The number of nitrogens with one attached hydrogen (secondary N) is 2. The molecule has 2 amide bonds. The second kappa shape index (κ2) is 17.6. The van der Waals surface area contributed by atoms with Gasteiger partial charge in [-0.2, -0.15) is 9.67 Å². The van der Waals surface area contributed by atoms with Gasteiger partial charge in [0.15, 0.2) is 18.4 Å². The molecule has 0 bridgehead atoms. The average Bonchev–Trinajstić information content (AvgIpc) is 4.09. The van der Waals surface area contributed by atoms with Crippen LogP contribution in [0.2, 0.25) is 10.0 Å². The summed E-state index contributed by atoms with van der Waals surface area (Å²) in [5, 5.41) is 12.0. The monoisotopic (exact) mass is 887 g/mol. The lowest BCUT2D eigenvalue weighted by atomic mass is 10.1. The predicted molar refractivity (Wildman–Crippen MR) is 244 cm³/mol. The highest BCUT2D eigenvalue weighted by atomic mass is 35.5. The first-order valence-electron chi connectivity index (χ1n) is 20.5. The van der Waals surface area contributed by atoms with Gasteiger partial charge in [-0.15, -0.1) is 0 Å². The highest BCUT2D eigenvalue weighted by Crippen LogP contribution is 2.34. The van der Waals surface area contributed by atoms with Gasteiger partial charge in [-0.3, -0.25) is 14.6 Å². The smallest absolute Gasteiger partial charge is 0.234 e. The molecular formula is C47H37Cl2N12O3+. The molecule has 7 heterocycles. The van der Waals surface area contributed by atoms with Crippen LogP contribution in [0.3, 0.4) is 0 Å². The molecule has 64 heavy (non-hydrogen) atoms. The molecule has 10 rings (SSSR count). The lowest BCUT2D eigenvalue weighted by Gasteiger charge is -2.18. The van der Waals surface area contributed by atoms with Crippen LogP contribution in [0.15, 0.2) is 147 Å². The SMILES string of the molecule is O=C1CCCN1c1cc(Nc2ncc(Cl)c(-c3ccn(-c4ccccc4)n3)n2)c[n+](C2CC(=O)N(c3cncc(Nc4ncc(Cl)c(-c5cccc(Oc6ccccc6)c5)n4)c3)C2)c1. The first kappa shape index (κ1) is 40.3. The number of hydrogen-bond acceptors (Lipinski definition) is 11. The van der Waals surface area contributed by atoms with Crippen molar-refractivity contribution in [2.45, 2.75) is 25.3 Å². The van der Waals surface area contributed by atoms with E-state index >= 15 is 0 Å². The Morgan fingerprint density at radius 2 is 1.39 bits per heavy atom. The molecule has 0 spiro atoms. The zero-order chi connectivity index (χ0) is 43.6. The third-order valence-electron chi connectivity index (χ3n) is 10.8. The molecule has 2 aliphatic heterocycles. The van der Waals surface area contributed by atoms with Crippen molar-refractivity contribution in [2.75, 3.05) is 33.5 Å². The van der Waals surface area contributed by atoms with Gasteiger partial charge in [-0.25, -0.2) is 24.6 Å². The van der Waals surface area contributed by atoms with Gasteiger partial charge in [0.05, 0.1) is 70.6 Å². The van der Waals surface area contributed by atoms with Crippen molar-refractivity contribution in [3.8, 4) is 39.8 Å². The van der Waals surface area contributed by atoms with Crippen molar-refractivity contribution >= 4 is 69.7 Å². The maximum Gasteiger partial charge on any atom is 0.234 e. The molecule has 316 valence electrons. The van der Waals surface area contributed by atoms with E-state index in [9.17, 15) is 9.59 Å². The van der Waals surface area contributed by atoms with Crippen LogP contribution < -0.4 is 29.7 Å². The number of para-hydroxylation sites is 2. The van der Waals surface area contributed by atoms with Gasteiger partial charge in [-0.1, -0.05) is 71.7 Å². The highest BCUT2D eigenvalue weighted by molar-refractivity contribution is 6.33. The Bertz CT molecular complexity index is 3030. The van der Waals surface area contributed by atoms with Gasteiger partial charge in [0, 0.05) is 24.7 Å². The van der Waals surface area contributed by atoms with Crippen LogP contribution in [0.25, 0.3) is 28.3 Å². The number of amides is 2. The average molecular weight is 889 g/mol. The number of hydrogen-bond donors (Lipinski definition) is 2. The molecule has 1 atom stereocenters. The number of aromatic nitrogens is 8. The molecule has 2 saturated heterocycles. The van der Waals surface area contributed by atoms with Crippen molar-refractivity contribution in [3.05, 3.63) is 157 Å². The zero-order valence-corrected chi connectivity index (χ0v) is 35.4. The first-order chi connectivity index (χ1) is 31.3. The van der Waals surface area contributed by atoms with E-state index in [1.807, 2.05) is 126 Å². The van der Waals surface area contributed by atoms with Crippen LogP contribution in [0.5, 0.6) is 11.5 Å². The van der Waals surface area contributed by atoms with Crippen LogP contribution in [0.4, 0.5) is 34.6 Å². The van der Waals surface area contributed by atoms with E-state index in [4.69, 9.17) is 43.0 Å². The Balaban J connectivity index is 0.881. The van der Waals surface area contributed by atoms with Crippen LogP contribution in [0, 0.1) is 0 Å². The quantitative estimate of drug-likeness (QED) is 0.113. The lowest BCUT2D eigenvalue weighted by Crippen LogP contribution is -2.42. The van der Waals surface area contributed by atoms with Gasteiger partial charge >= 0.3 is 0 Å². The normalized spacial score (nSPS) is 14.9. The summed E-state index contributed by atoms with van der Waals surface area (Å²) in [6.07, 6.45) is 13.4. The highest BCUT2D eigenvalue weighted by Gasteiger charge is 2.38. The van der Waals surface area contributed by atoms with Gasteiger partial charge in [0.25, 0.3) is 0 Å². The number of anilines is 6. The van der Waals surface area contributed by atoms with Crippen molar-refractivity contribution in [1.82, 2.24) is 34.7 Å². The number of ether oxygens (including phenoxy) is 1. The Labute approximate surface area is 377 Å². The summed E-state index contributed by atoms with van der Waals surface area (Å²) in [5.74, 6) is 1.87. The molecule has 17 heteroatoms. The van der Waals surface area contributed by atoms with Crippen LogP contribution in [-0.2, 0) is 9.59 Å². The third-order valence-corrected chi connectivity index (χ3v) is 11.3. The second-order valence-electron chi connectivity index (χ2n) is 15.1. The summed E-state index contributed by atoms with van der Waals surface area (Å²) in [5.41, 5.74) is 5.68. The van der Waals surface area contributed by atoms with E-state index in [0.717, 1.165) is 17.7 Å². The molecule has 2 aliphatic rings. The summed E-state index contributed by atoms with van der Waals surface area (Å²) >= 11 is 13.2. The molecule has 2 fully saturated rings. The van der Waals surface area contributed by atoms with Crippen molar-refractivity contribution in [1.29, 1.82) is 0 Å². The second-order valence-corrected chi connectivity index (χ2v) is 15.9. The standard InChI is InChI=1S/C47H37Cl2N12O3/c48-39-25-51-46(55-44(39)30-9-7-14-38(19-30)64-37-12-5-2-6-13-37)53-31-20-34(24-50-23-31)60-29-35(22-43(60)63)58-27-32(21-36(28-58)59-17-8-15-42(59)62)54-47-52-26-40(49)45(56-47)41-16-18-61(57-41)33-10-3-1-4-11-33/h1-7,9-14,16,18-21,23-28,35H,8,15,17,22,29H2,(H,51,53,55)(H,52,54,56)/q+1. The number of carbonyl (C=O) groups is 2. The first-order valence-corrected chi connectivity index (χ1v) is 21.2. The fourth-order valence-electron chi connectivity index (χ4n) is 7.72. The summed E-state index contributed by atoms with van der Waals surface area (Å²) in [7, 11) is 0. The Morgan fingerprint density at radius 1 is 0.672 bits per heavy atom. The van der Waals surface area contributed by atoms with Crippen LogP contribution in [-0.4, -0.2) is 59.6 Å². The number of rotatable bonds is 12. The Morgan fingerprint density at radius 3 is 2.17 bits per heavy atom. The Kier molecular flexibility index (Phi) is 11.1. The number of benzene rings is 3. The van der Waals surface area contributed by atoms with E-state index in [1.54, 1.807) is 26.9 Å². The topological polar surface area (TPSA) is 160 Å². The minimum atomic E-state index is -0.283. The van der Waals surface area contributed by atoms with E-state index in [-0.39, 0.29) is 30.2 Å². The molecule has 0 saturated carbocycles. The number of carbonyl (C=O) groups excluding carboxylic acids is 2. The van der Waals surface area contributed by atoms with Crippen molar-refractivity contribution in [3.63, 3.8) is 0 Å². The maximum atomic E-state index is 13.8. The third kappa shape index (κ3) is 8.66. The molecular weight excluding hydrogens is 852 g/mol. The zero-order valence-electron chi connectivity index (χ0n) is 33.9. The molecule has 0 radical (unpaired) electrons. The fraction of sp³-hybridized carbons (Fsp3) is 0.128. The largest absolute Gasteiger partial charge is 0.457 e. The van der Waals surface area contributed by atoms with Gasteiger partial charge < -0.3 is 25.2 Å². The number of halogens is 2. The van der Waals surface area contributed by atoms with Crippen LogP contribution >= 0.6 is 23.2 Å². The summed E-state index contributed by atoms with van der Waals surface area (Å²) in [4.78, 5) is 53.0. The molecule has 15 nitrogen and oxygen atoms in total. The van der Waals surface area contributed by atoms with E-state index in [0.29, 0.717) is 86.8 Å². The van der Waals surface area contributed by atoms with Crippen molar-refractivity contribution in [2.24, 2.45) is 0 Å². The minimum absolute atomic E-state index is 0.0321. The molecule has 3 aromatic carbocycles. The summed E-state index contributed by atoms with van der Waals surface area (Å²) in [6, 6.07) is 32.0. The minimum Gasteiger partial charge on any atom is -0.457 e. The number of nitrogens with zero attached hydrogens (tertiary/aromatic N) is 10. The predicted octanol–water partition coefficient (Wildman–Crippen LogP) is 9.16. The molecule has 5 aromatic heterocycles. The van der Waals surface area contributed by atoms with Gasteiger partial charge in [0.2, 0.25) is 23.7 Å². The fourth-order valence-corrected chi connectivity index (χ4v) is 8.10. The van der Waals surface area contributed by atoms with E-state index in [2.05, 4.69) is 25.6 Å². The van der Waals surface area contributed by atoms with Gasteiger partial charge in [0.1, 0.15) is 34.3 Å². The van der Waals surface area contributed by atoms with E-state index < -0.39 is 0 Å². The summed E-state index contributed by atoms with van der Waals surface area (Å²) in [6.45, 7) is 0.934. The molecule has 1 unspecified atom stereocenters. The van der Waals surface area contributed by atoms with Crippen LogP contribution in [0.1, 0.15) is 25.3 Å². The number of pyridine rings is 2. The van der Waals surface area contributed by atoms with Crippen molar-refractivity contribution < 1.29 is 18.9 Å². The maximum absolute atomic E-state index is 13.8. The Hall–Kier alpha value is -7.75. The van der Waals surface area contributed by atoms with Gasteiger partial charge in [-0.05, 0) is 61.0 Å².